The highest BCUT2D eigenvalue weighted by molar-refractivity contribution is 4.49. The molecule has 7 nitrogen and oxygen atoms in total. The maximum atomic E-state index is 8.55. The third kappa shape index (κ3) is 29.7. The Balaban J connectivity index is 3.00. The van der Waals surface area contributed by atoms with E-state index in [0.29, 0.717) is 72.7 Å². The minimum Gasteiger partial charge on any atom is -0.394 e. The molecule has 32 heavy (non-hydrogen) atoms. The highest BCUT2D eigenvalue weighted by Gasteiger charge is 1.96. The van der Waals surface area contributed by atoms with Gasteiger partial charge in [-0.15, -0.1) is 0 Å². The Bertz CT molecular complexity index is 329. The molecule has 0 aliphatic rings. The van der Waals surface area contributed by atoms with Gasteiger partial charge in [0.05, 0.1) is 79.3 Å². The van der Waals surface area contributed by atoms with E-state index in [1.807, 2.05) is 0 Å². The Hall–Kier alpha value is -0.280. The molecule has 0 unspecified atom stereocenters. The summed E-state index contributed by atoms with van der Waals surface area (Å²) < 4.78 is 32.4. The molecular formula is C25H52O7. The van der Waals surface area contributed by atoms with Crippen molar-refractivity contribution in [3.8, 4) is 0 Å². The summed E-state index contributed by atoms with van der Waals surface area (Å²) in [5.74, 6) is 0.853. The molecule has 0 aromatic heterocycles. The van der Waals surface area contributed by atoms with Gasteiger partial charge in [0.1, 0.15) is 0 Å². The second-order valence-electron chi connectivity index (χ2n) is 8.41. The van der Waals surface area contributed by atoms with E-state index in [-0.39, 0.29) is 6.61 Å². The van der Waals surface area contributed by atoms with E-state index in [0.717, 1.165) is 18.9 Å². The first-order valence-electron chi connectivity index (χ1n) is 12.8. The topological polar surface area (TPSA) is 75.6 Å². The molecule has 0 aromatic rings. The maximum absolute atomic E-state index is 8.55. The number of aliphatic hydroxyl groups is 1. The first-order chi connectivity index (χ1) is 15.8. The highest BCUT2D eigenvalue weighted by Crippen LogP contribution is 2.12. The molecule has 0 aromatic carbocycles. The van der Waals surface area contributed by atoms with Crippen LogP contribution in [0.3, 0.4) is 0 Å². The zero-order valence-corrected chi connectivity index (χ0v) is 21.0. The summed E-state index contributed by atoms with van der Waals surface area (Å²) in [6, 6.07) is 0. The van der Waals surface area contributed by atoms with Crippen LogP contribution in [0.2, 0.25) is 0 Å². The molecule has 0 rings (SSSR count). The number of rotatable bonds is 28. The van der Waals surface area contributed by atoms with Gasteiger partial charge in [0, 0.05) is 6.61 Å². The maximum Gasteiger partial charge on any atom is 0.0701 e. The lowest BCUT2D eigenvalue weighted by Crippen LogP contribution is -2.14. The summed E-state index contributed by atoms with van der Waals surface area (Å²) in [5.41, 5.74) is 0. The molecule has 0 amide bonds. The first-order valence-corrected chi connectivity index (χ1v) is 12.8. The fourth-order valence-corrected chi connectivity index (χ4v) is 3.08. The molecule has 0 spiro atoms. The number of aliphatic hydroxyl groups excluding tert-OH is 1. The van der Waals surface area contributed by atoms with Gasteiger partial charge >= 0.3 is 0 Å². The average Bonchev–Trinajstić information content (AvgIpc) is 2.78. The van der Waals surface area contributed by atoms with Crippen LogP contribution in [0.4, 0.5) is 0 Å². The first kappa shape index (κ1) is 31.7. The zero-order valence-electron chi connectivity index (χ0n) is 21.0. The summed E-state index contributed by atoms with van der Waals surface area (Å²) >= 11 is 0. The minimum atomic E-state index is 0.0427. The van der Waals surface area contributed by atoms with Gasteiger partial charge < -0.3 is 33.5 Å². The van der Waals surface area contributed by atoms with Crippen LogP contribution in [0.25, 0.3) is 0 Å². The molecule has 0 atom stereocenters. The molecule has 0 saturated heterocycles. The van der Waals surface area contributed by atoms with E-state index in [2.05, 4.69) is 13.8 Å². The molecule has 0 saturated carbocycles. The summed E-state index contributed by atoms with van der Waals surface area (Å²) in [5, 5.41) is 8.55. The van der Waals surface area contributed by atoms with Crippen LogP contribution in [-0.4, -0.2) is 91.0 Å². The molecule has 0 heterocycles. The number of unbranched alkanes of at least 4 members (excludes halogenated alkanes) is 7. The summed E-state index contributed by atoms with van der Waals surface area (Å²) in [7, 11) is 0. The van der Waals surface area contributed by atoms with Crippen LogP contribution in [-0.2, 0) is 28.4 Å². The van der Waals surface area contributed by atoms with Crippen LogP contribution in [0.1, 0.15) is 71.6 Å². The van der Waals surface area contributed by atoms with Gasteiger partial charge in [-0.1, -0.05) is 65.2 Å². The monoisotopic (exact) mass is 464 g/mol. The Morgan fingerprint density at radius 3 is 1.09 bits per heavy atom. The Kier molecular flexibility index (Phi) is 28.5. The van der Waals surface area contributed by atoms with Crippen molar-refractivity contribution < 1.29 is 33.5 Å². The van der Waals surface area contributed by atoms with Crippen LogP contribution in [0.5, 0.6) is 0 Å². The van der Waals surface area contributed by atoms with E-state index in [9.17, 15) is 0 Å². The molecular weight excluding hydrogens is 412 g/mol. The standard InChI is InChI=1S/C25H52O7/c1-25(2)11-9-7-5-3-4-6-8-10-13-27-15-17-29-19-21-31-23-24-32-22-20-30-18-16-28-14-12-26/h25-26H,3-24H2,1-2H3. The lowest BCUT2D eigenvalue weighted by Gasteiger charge is -2.08. The Labute approximate surface area is 197 Å². The SMILES string of the molecule is CC(C)CCCCCCCCCCOCCOCCOCCOCCOCCOCCO. The van der Waals surface area contributed by atoms with Crippen molar-refractivity contribution in [2.45, 2.75) is 71.6 Å². The second-order valence-corrected chi connectivity index (χ2v) is 8.41. The van der Waals surface area contributed by atoms with Gasteiger partial charge in [0.15, 0.2) is 0 Å². The van der Waals surface area contributed by atoms with Crippen LogP contribution < -0.4 is 0 Å². The average molecular weight is 465 g/mol. The predicted molar refractivity (Wildman–Crippen MR) is 128 cm³/mol. The van der Waals surface area contributed by atoms with Crippen molar-refractivity contribution in [1.82, 2.24) is 0 Å². The minimum absolute atomic E-state index is 0.0427. The predicted octanol–water partition coefficient (Wildman–Crippen LogP) is 4.25. The fraction of sp³-hybridized carbons (Fsp3) is 1.00. The second kappa shape index (κ2) is 28.8. The van der Waals surface area contributed by atoms with Crippen molar-refractivity contribution in [2.75, 3.05) is 85.9 Å². The highest BCUT2D eigenvalue weighted by atomic mass is 16.6. The van der Waals surface area contributed by atoms with Crippen molar-refractivity contribution in [3.05, 3.63) is 0 Å². The summed E-state index contributed by atoms with van der Waals surface area (Å²) in [6.45, 7) is 11.5. The van der Waals surface area contributed by atoms with Crippen molar-refractivity contribution in [3.63, 3.8) is 0 Å². The van der Waals surface area contributed by atoms with E-state index >= 15 is 0 Å². The van der Waals surface area contributed by atoms with Crippen LogP contribution in [0.15, 0.2) is 0 Å². The normalized spacial score (nSPS) is 11.6. The van der Waals surface area contributed by atoms with Gasteiger partial charge in [-0.25, -0.2) is 0 Å². The number of hydrogen-bond acceptors (Lipinski definition) is 7. The fourth-order valence-electron chi connectivity index (χ4n) is 3.08. The van der Waals surface area contributed by atoms with Gasteiger partial charge in [-0.2, -0.15) is 0 Å². The molecule has 7 heteroatoms. The molecule has 0 radical (unpaired) electrons. The van der Waals surface area contributed by atoms with E-state index < -0.39 is 0 Å². The largest absolute Gasteiger partial charge is 0.394 e. The van der Waals surface area contributed by atoms with Gasteiger partial charge in [-0.05, 0) is 12.3 Å². The van der Waals surface area contributed by atoms with E-state index in [1.165, 1.54) is 51.4 Å². The summed E-state index contributed by atoms with van der Waals surface area (Å²) in [4.78, 5) is 0. The number of hydrogen-bond donors (Lipinski definition) is 1. The lowest BCUT2D eigenvalue weighted by atomic mass is 10.0. The van der Waals surface area contributed by atoms with Crippen LogP contribution >= 0.6 is 0 Å². The van der Waals surface area contributed by atoms with E-state index in [1.54, 1.807) is 0 Å². The lowest BCUT2D eigenvalue weighted by molar-refractivity contribution is -0.0182. The third-order valence-electron chi connectivity index (χ3n) is 4.92. The van der Waals surface area contributed by atoms with Gasteiger partial charge in [0.2, 0.25) is 0 Å². The van der Waals surface area contributed by atoms with Gasteiger partial charge in [0.25, 0.3) is 0 Å². The van der Waals surface area contributed by atoms with E-state index in [4.69, 9.17) is 33.5 Å². The molecule has 0 bridgehead atoms. The van der Waals surface area contributed by atoms with Crippen molar-refractivity contribution in [2.24, 2.45) is 5.92 Å². The zero-order chi connectivity index (χ0) is 23.4. The molecule has 0 aliphatic carbocycles. The van der Waals surface area contributed by atoms with Gasteiger partial charge in [-0.3, -0.25) is 0 Å². The Morgan fingerprint density at radius 2 is 0.719 bits per heavy atom. The van der Waals surface area contributed by atoms with Crippen molar-refractivity contribution >= 4 is 0 Å². The van der Waals surface area contributed by atoms with Crippen LogP contribution in [0, 0.1) is 5.92 Å². The molecule has 1 N–H and O–H groups in total. The molecule has 0 fully saturated rings. The Morgan fingerprint density at radius 1 is 0.406 bits per heavy atom. The molecule has 194 valence electrons. The number of ether oxygens (including phenoxy) is 6. The van der Waals surface area contributed by atoms with Crippen molar-refractivity contribution in [1.29, 1.82) is 0 Å². The third-order valence-corrected chi connectivity index (χ3v) is 4.92. The smallest absolute Gasteiger partial charge is 0.0701 e. The quantitative estimate of drug-likeness (QED) is 0.174. The summed E-state index contributed by atoms with van der Waals surface area (Å²) in [6.07, 6.45) is 12.1. The molecule has 0 aliphatic heterocycles.